The summed E-state index contributed by atoms with van der Waals surface area (Å²) in [4.78, 5) is 11.7. The predicted octanol–water partition coefficient (Wildman–Crippen LogP) is 3.18. The summed E-state index contributed by atoms with van der Waals surface area (Å²) in [7, 11) is 0. The van der Waals surface area contributed by atoms with Crippen molar-refractivity contribution in [3.8, 4) is 0 Å². The van der Waals surface area contributed by atoms with Crippen LogP contribution in [0.25, 0.3) is 0 Å². The molecule has 2 aromatic carbocycles. The maximum Gasteiger partial charge on any atom is 0.315 e. The van der Waals surface area contributed by atoms with Crippen molar-refractivity contribution in [2.24, 2.45) is 0 Å². The van der Waals surface area contributed by atoms with Crippen LogP contribution in [0.5, 0.6) is 0 Å². The highest BCUT2D eigenvalue weighted by atomic mass is 19.1. The van der Waals surface area contributed by atoms with E-state index in [0.29, 0.717) is 13.1 Å². The lowest BCUT2D eigenvalue weighted by atomic mass is 10.1. The van der Waals surface area contributed by atoms with Gasteiger partial charge in [0.15, 0.2) is 0 Å². The maximum atomic E-state index is 13.0. The second kappa shape index (κ2) is 7.43. The summed E-state index contributed by atoms with van der Waals surface area (Å²) in [5.74, 6) is -0.297. The number of rotatable bonds is 5. The van der Waals surface area contributed by atoms with Crippen LogP contribution in [0, 0.1) is 12.7 Å². The molecule has 0 unspecified atom stereocenters. The number of hydrogen-bond donors (Lipinski definition) is 2. The fourth-order valence-electron chi connectivity index (χ4n) is 2.09. The molecule has 21 heavy (non-hydrogen) atoms. The summed E-state index contributed by atoms with van der Waals surface area (Å²) in [5, 5.41) is 5.51. The number of nitrogens with one attached hydrogen (secondary N) is 2. The van der Waals surface area contributed by atoms with E-state index in [1.165, 1.54) is 23.3 Å². The van der Waals surface area contributed by atoms with Gasteiger partial charge < -0.3 is 10.6 Å². The van der Waals surface area contributed by atoms with E-state index >= 15 is 0 Å². The molecular formula is C17H19FN2O. The largest absolute Gasteiger partial charge is 0.338 e. The van der Waals surface area contributed by atoms with E-state index in [1.54, 1.807) is 12.1 Å². The fourth-order valence-corrected chi connectivity index (χ4v) is 2.09. The number of benzene rings is 2. The molecular weight excluding hydrogens is 267 g/mol. The first-order valence-electron chi connectivity index (χ1n) is 6.96. The van der Waals surface area contributed by atoms with Crippen LogP contribution >= 0.6 is 0 Å². The molecule has 2 rings (SSSR count). The van der Waals surface area contributed by atoms with Crippen molar-refractivity contribution in [2.45, 2.75) is 19.9 Å². The minimum absolute atomic E-state index is 0.243. The summed E-state index contributed by atoms with van der Waals surface area (Å²) < 4.78 is 13.0. The molecule has 0 saturated heterocycles. The van der Waals surface area contributed by atoms with Gasteiger partial charge in [0.25, 0.3) is 0 Å². The Labute approximate surface area is 124 Å². The van der Waals surface area contributed by atoms with E-state index in [9.17, 15) is 9.18 Å². The molecule has 0 aliphatic heterocycles. The van der Waals surface area contributed by atoms with Gasteiger partial charge in [0.05, 0.1) is 0 Å². The van der Waals surface area contributed by atoms with Crippen LogP contribution in [0.3, 0.4) is 0 Å². The molecule has 0 aromatic heterocycles. The molecule has 0 spiro atoms. The van der Waals surface area contributed by atoms with Gasteiger partial charge in [-0.15, -0.1) is 0 Å². The first kappa shape index (κ1) is 15.0. The van der Waals surface area contributed by atoms with Gasteiger partial charge in [0.2, 0.25) is 0 Å². The minimum Gasteiger partial charge on any atom is -0.338 e. The van der Waals surface area contributed by atoms with Crippen molar-refractivity contribution in [1.82, 2.24) is 10.6 Å². The molecule has 0 aliphatic rings. The fraction of sp³-hybridized carbons (Fsp3) is 0.235. The van der Waals surface area contributed by atoms with E-state index in [0.717, 1.165) is 12.0 Å². The molecule has 0 fully saturated rings. The second-order valence-electron chi connectivity index (χ2n) is 4.92. The van der Waals surface area contributed by atoms with E-state index in [2.05, 4.69) is 29.7 Å². The van der Waals surface area contributed by atoms with Crippen LogP contribution in [-0.4, -0.2) is 12.6 Å². The van der Waals surface area contributed by atoms with E-state index in [1.807, 2.05) is 12.1 Å². The lowest BCUT2D eigenvalue weighted by Crippen LogP contribution is -2.36. The Morgan fingerprint density at radius 2 is 1.90 bits per heavy atom. The second-order valence-corrected chi connectivity index (χ2v) is 4.92. The highest BCUT2D eigenvalue weighted by Crippen LogP contribution is 2.06. The number of carbonyl (C=O) groups excluding carboxylic acids is 1. The molecule has 4 heteroatoms. The Bertz CT molecular complexity index is 613. The van der Waals surface area contributed by atoms with Crippen LogP contribution in [0.4, 0.5) is 9.18 Å². The zero-order valence-electron chi connectivity index (χ0n) is 12.0. The van der Waals surface area contributed by atoms with E-state index in [4.69, 9.17) is 0 Å². The van der Waals surface area contributed by atoms with Gasteiger partial charge in [-0.3, -0.25) is 0 Å². The van der Waals surface area contributed by atoms with Gasteiger partial charge in [-0.25, -0.2) is 9.18 Å². The summed E-state index contributed by atoms with van der Waals surface area (Å²) in [5.41, 5.74) is 3.19. The normalized spacial score (nSPS) is 10.2. The first-order valence-corrected chi connectivity index (χ1v) is 6.96. The Morgan fingerprint density at radius 1 is 1.10 bits per heavy atom. The number of halogens is 1. The van der Waals surface area contributed by atoms with Gasteiger partial charge in [-0.2, -0.15) is 0 Å². The van der Waals surface area contributed by atoms with Gasteiger partial charge in [0, 0.05) is 13.1 Å². The lowest BCUT2D eigenvalue weighted by Gasteiger charge is -2.09. The first-order chi connectivity index (χ1) is 10.1. The predicted molar refractivity (Wildman–Crippen MR) is 81.5 cm³/mol. The standard InChI is InChI=1S/C17H19FN2O/c1-13-5-2-3-7-15(13)9-10-19-17(21)20-12-14-6-4-8-16(18)11-14/h2-8,11H,9-10,12H2,1H3,(H2,19,20,21). The number of carbonyl (C=O) groups is 1. The molecule has 0 radical (unpaired) electrons. The molecule has 0 bridgehead atoms. The molecule has 2 amide bonds. The highest BCUT2D eigenvalue weighted by Gasteiger charge is 2.02. The minimum atomic E-state index is -0.297. The van der Waals surface area contributed by atoms with Crippen molar-refractivity contribution in [2.75, 3.05) is 6.54 Å². The van der Waals surface area contributed by atoms with E-state index < -0.39 is 0 Å². The van der Waals surface area contributed by atoms with Gasteiger partial charge in [0.1, 0.15) is 5.82 Å². The quantitative estimate of drug-likeness (QED) is 0.871. The molecule has 0 aliphatic carbocycles. The monoisotopic (exact) mass is 286 g/mol. The number of aryl methyl sites for hydroxylation is 1. The molecule has 0 atom stereocenters. The van der Waals surface area contributed by atoms with Crippen LogP contribution in [-0.2, 0) is 13.0 Å². The smallest absolute Gasteiger partial charge is 0.315 e. The third-order valence-electron chi connectivity index (χ3n) is 3.28. The van der Waals surface area contributed by atoms with Gasteiger partial charge >= 0.3 is 6.03 Å². The maximum absolute atomic E-state index is 13.0. The van der Waals surface area contributed by atoms with Crippen molar-refractivity contribution >= 4 is 6.03 Å². The molecule has 0 heterocycles. The van der Waals surface area contributed by atoms with Crippen LogP contribution in [0.1, 0.15) is 16.7 Å². The topological polar surface area (TPSA) is 41.1 Å². The Kier molecular flexibility index (Phi) is 5.32. The zero-order chi connectivity index (χ0) is 15.1. The Morgan fingerprint density at radius 3 is 2.67 bits per heavy atom. The summed E-state index contributed by atoms with van der Waals surface area (Å²) >= 11 is 0. The average Bonchev–Trinajstić information content (AvgIpc) is 2.47. The van der Waals surface area contributed by atoms with Crippen molar-refractivity contribution in [1.29, 1.82) is 0 Å². The zero-order valence-corrected chi connectivity index (χ0v) is 12.0. The van der Waals surface area contributed by atoms with Crippen molar-refractivity contribution in [3.05, 3.63) is 71.0 Å². The number of hydrogen-bond acceptors (Lipinski definition) is 1. The molecule has 2 N–H and O–H groups in total. The summed E-state index contributed by atoms with van der Waals surface area (Å²) in [6.45, 7) is 2.94. The van der Waals surface area contributed by atoms with E-state index in [-0.39, 0.29) is 11.8 Å². The molecule has 0 saturated carbocycles. The van der Waals surface area contributed by atoms with Crippen LogP contribution in [0.2, 0.25) is 0 Å². The Hall–Kier alpha value is -2.36. The molecule has 2 aromatic rings. The van der Waals surface area contributed by atoms with Crippen LogP contribution < -0.4 is 10.6 Å². The van der Waals surface area contributed by atoms with Gasteiger partial charge in [-0.1, -0.05) is 36.4 Å². The van der Waals surface area contributed by atoms with Crippen LogP contribution in [0.15, 0.2) is 48.5 Å². The molecule has 3 nitrogen and oxygen atoms in total. The lowest BCUT2D eigenvalue weighted by molar-refractivity contribution is 0.240. The summed E-state index contributed by atoms with van der Waals surface area (Å²) in [6, 6.07) is 14.1. The number of amides is 2. The summed E-state index contributed by atoms with van der Waals surface area (Å²) in [6.07, 6.45) is 0.792. The Balaban J connectivity index is 1.72. The third kappa shape index (κ3) is 4.91. The number of urea groups is 1. The van der Waals surface area contributed by atoms with Gasteiger partial charge in [-0.05, 0) is 42.2 Å². The highest BCUT2D eigenvalue weighted by molar-refractivity contribution is 5.73. The SMILES string of the molecule is Cc1ccccc1CCNC(=O)NCc1cccc(F)c1. The molecule has 110 valence electrons. The van der Waals surface area contributed by atoms with Crippen molar-refractivity contribution < 1.29 is 9.18 Å². The average molecular weight is 286 g/mol. The third-order valence-corrected chi connectivity index (χ3v) is 3.28. The van der Waals surface area contributed by atoms with Crippen molar-refractivity contribution in [3.63, 3.8) is 0 Å².